The van der Waals surface area contributed by atoms with Gasteiger partial charge in [-0.25, -0.2) is 0 Å². The predicted octanol–water partition coefficient (Wildman–Crippen LogP) is 1.85. The Hall–Kier alpha value is -1.23. The fourth-order valence-corrected chi connectivity index (χ4v) is 1.86. The molecule has 96 valence electrons. The molecule has 1 rings (SSSR count). The van der Waals surface area contributed by atoms with Gasteiger partial charge in [0.25, 0.3) is 0 Å². The molecule has 0 aliphatic heterocycles. The van der Waals surface area contributed by atoms with E-state index in [2.05, 4.69) is 5.32 Å². The first-order valence-corrected chi connectivity index (χ1v) is 7.16. The number of rotatable bonds is 6. The topological polar surface area (TPSA) is 64.3 Å². The van der Waals surface area contributed by atoms with Gasteiger partial charge in [0, 0.05) is 40.6 Å². The molecule has 0 aliphatic carbocycles. The van der Waals surface area contributed by atoms with Gasteiger partial charge in [-0.2, -0.15) is 0 Å². The Morgan fingerprint density at radius 2 is 2.24 bits per heavy atom. The van der Waals surface area contributed by atoms with E-state index in [4.69, 9.17) is 10.5 Å². The standard InChI is InChI=1S/C12H20N2O2S/c1-9(17(3)15)6-7-14-10-4-5-11(13)12(8-10)16-2/h4-5,8-9,14H,6-7,13H2,1-3H3. The third kappa shape index (κ3) is 4.26. The van der Waals surface area contributed by atoms with Crippen molar-refractivity contribution < 1.29 is 8.95 Å². The maximum atomic E-state index is 11.2. The third-order valence-electron chi connectivity index (χ3n) is 2.68. The molecule has 0 heterocycles. The van der Waals surface area contributed by atoms with Gasteiger partial charge in [0.1, 0.15) is 5.75 Å². The molecule has 0 spiro atoms. The summed E-state index contributed by atoms with van der Waals surface area (Å²) in [7, 11) is 0.832. The quantitative estimate of drug-likeness (QED) is 0.762. The van der Waals surface area contributed by atoms with Gasteiger partial charge in [0.2, 0.25) is 0 Å². The number of hydrogen-bond donors (Lipinski definition) is 2. The summed E-state index contributed by atoms with van der Waals surface area (Å²) < 4.78 is 16.3. The van der Waals surface area contributed by atoms with Crippen LogP contribution in [0.4, 0.5) is 11.4 Å². The van der Waals surface area contributed by atoms with Gasteiger partial charge in [-0.1, -0.05) is 6.92 Å². The van der Waals surface area contributed by atoms with Crippen molar-refractivity contribution in [1.82, 2.24) is 0 Å². The molecular formula is C12H20N2O2S. The zero-order valence-electron chi connectivity index (χ0n) is 10.5. The smallest absolute Gasteiger partial charge is 0.143 e. The van der Waals surface area contributed by atoms with Crippen molar-refractivity contribution in [3.05, 3.63) is 18.2 Å². The zero-order chi connectivity index (χ0) is 12.8. The largest absolute Gasteiger partial charge is 0.495 e. The summed E-state index contributed by atoms with van der Waals surface area (Å²) in [4.78, 5) is 0. The average Bonchev–Trinajstić information content (AvgIpc) is 2.31. The molecule has 0 fully saturated rings. The zero-order valence-corrected chi connectivity index (χ0v) is 11.3. The number of nitrogen functional groups attached to an aromatic ring is 1. The van der Waals surface area contributed by atoms with Crippen molar-refractivity contribution >= 4 is 22.2 Å². The Balaban J connectivity index is 2.49. The van der Waals surface area contributed by atoms with Crippen LogP contribution < -0.4 is 15.8 Å². The van der Waals surface area contributed by atoms with E-state index < -0.39 is 10.8 Å². The fraction of sp³-hybridized carbons (Fsp3) is 0.500. The van der Waals surface area contributed by atoms with E-state index >= 15 is 0 Å². The number of nitrogens with one attached hydrogen (secondary N) is 1. The minimum Gasteiger partial charge on any atom is -0.495 e. The van der Waals surface area contributed by atoms with Crippen LogP contribution in [0.1, 0.15) is 13.3 Å². The number of methoxy groups -OCH3 is 1. The van der Waals surface area contributed by atoms with Gasteiger partial charge < -0.3 is 15.8 Å². The highest BCUT2D eigenvalue weighted by Gasteiger charge is 2.06. The number of anilines is 2. The van der Waals surface area contributed by atoms with Crippen molar-refractivity contribution in [2.24, 2.45) is 0 Å². The Labute approximate surface area is 105 Å². The van der Waals surface area contributed by atoms with Crippen molar-refractivity contribution in [1.29, 1.82) is 0 Å². The molecule has 0 saturated heterocycles. The van der Waals surface area contributed by atoms with Crippen LogP contribution in [0, 0.1) is 0 Å². The monoisotopic (exact) mass is 256 g/mol. The molecule has 0 radical (unpaired) electrons. The molecule has 1 aromatic carbocycles. The van der Waals surface area contributed by atoms with E-state index in [9.17, 15) is 4.21 Å². The lowest BCUT2D eigenvalue weighted by Gasteiger charge is -2.12. The minimum absolute atomic E-state index is 0.207. The number of hydrogen-bond acceptors (Lipinski definition) is 4. The molecule has 0 amide bonds. The first kappa shape index (κ1) is 13.8. The molecule has 5 heteroatoms. The number of nitrogens with two attached hydrogens (primary N) is 1. The molecule has 3 N–H and O–H groups in total. The van der Waals surface area contributed by atoms with Crippen LogP contribution in [-0.4, -0.2) is 29.4 Å². The Morgan fingerprint density at radius 3 is 2.82 bits per heavy atom. The molecule has 17 heavy (non-hydrogen) atoms. The molecule has 0 aliphatic rings. The lowest BCUT2D eigenvalue weighted by Crippen LogP contribution is -2.14. The average molecular weight is 256 g/mol. The Bertz CT molecular complexity index is 396. The third-order valence-corrected chi connectivity index (χ3v) is 4.05. The van der Waals surface area contributed by atoms with Gasteiger partial charge in [0.05, 0.1) is 12.8 Å². The second kappa shape index (κ2) is 6.49. The van der Waals surface area contributed by atoms with E-state index in [1.807, 2.05) is 25.1 Å². The van der Waals surface area contributed by atoms with E-state index in [0.29, 0.717) is 11.4 Å². The number of ether oxygens (including phenoxy) is 1. The molecular weight excluding hydrogens is 236 g/mol. The summed E-state index contributed by atoms with van der Waals surface area (Å²) in [6.07, 6.45) is 2.60. The predicted molar refractivity (Wildman–Crippen MR) is 74.0 cm³/mol. The summed E-state index contributed by atoms with van der Waals surface area (Å²) in [6, 6.07) is 5.58. The summed E-state index contributed by atoms with van der Waals surface area (Å²) in [5.74, 6) is 0.669. The Morgan fingerprint density at radius 1 is 1.53 bits per heavy atom. The second-order valence-electron chi connectivity index (χ2n) is 3.98. The van der Waals surface area contributed by atoms with Crippen molar-refractivity contribution in [2.75, 3.05) is 31.0 Å². The normalized spacial score (nSPS) is 14.1. The molecule has 1 aromatic rings. The molecule has 2 atom stereocenters. The highest BCUT2D eigenvalue weighted by atomic mass is 32.2. The highest BCUT2D eigenvalue weighted by Crippen LogP contribution is 2.24. The van der Waals surface area contributed by atoms with E-state index in [1.165, 1.54) is 0 Å². The number of benzene rings is 1. The molecule has 4 nitrogen and oxygen atoms in total. The van der Waals surface area contributed by atoms with E-state index in [0.717, 1.165) is 18.7 Å². The Kier molecular flexibility index (Phi) is 5.28. The van der Waals surface area contributed by atoms with Crippen LogP contribution in [-0.2, 0) is 10.8 Å². The molecule has 0 bridgehead atoms. The summed E-state index contributed by atoms with van der Waals surface area (Å²) in [6.45, 7) is 2.77. The molecule has 0 aromatic heterocycles. The van der Waals surface area contributed by atoms with Crippen LogP contribution in [0.2, 0.25) is 0 Å². The molecule has 0 saturated carbocycles. The van der Waals surface area contributed by atoms with Gasteiger partial charge in [0.15, 0.2) is 0 Å². The highest BCUT2D eigenvalue weighted by molar-refractivity contribution is 7.84. The molecule has 2 unspecified atom stereocenters. The van der Waals surface area contributed by atoms with Crippen LogP contribution >= 0.6 is 0 Å². The summed E-state index contributed by atoms with van der Waals surface area (Å²) >= 11 is 0. The van der Waals surface area contributed by atoms with Crippen LogP contribution in [0.5, 0.6) is 5.75 Å². The minimum atomic E-state index is -0.763. The maximum absolute atomic E-state index is 11.2. The van der Waals surface area contributed by atoms with Crippen molar-refractivity contribution in [3.63, 3.8) is 0 Å². The first-order chi connectivity index (χ1) is 8.04. The lowest BCUT2D eigenvalue weighted by atomic mass is 10.2. The van der Waals surface area contributed by atoms with Gasteiger partial charge >= 0.3 is 0 Å². The first-order valence-electron chi connectivity index (χ1n) is 5.54. The summed E-state index contributed by atoms with van der Waals surface area (Å²) in [5, 5.41) is 3.47. The van der Waals surface area contributed by atoms with Crippen molar-refractivity contribution in [2.45, 2.75) is 18.6 Å². The van der Waals surface area contributed by atoms with Crippen LogP contribution in [0.25, 0.3) is 0 Å². The van der Waals surface area contributed by atoms with Gasteiger partial charge in [-0.3, -0.25) is 4.21 Å². The summed E-state index contributed by atoms with van der Waals surface area (Å²) in [5.41, 5.74) is 7.31. The SMILES string of the molecule is COc1cc(NCCC(C)S(C)=O)ccc1N. The lowest BCUT2D eigenvalue weighted by molar-refractivity contribution is 0.417. The van der Waals surface area contributed by atoms with Crippen LogP contribution in [0.3, 0.4) is 0 Å². The van der Waals surface area contributed by atoms with Gasteiger partial charge in [-0.05, 0) is 18.6 Å². The van der Waals surface area contributed by atoms with Crippen molar-refractivity contribution in [3.8, 4) is 5.75 Å². The second-order valence-corrected chi connectivity index (χ2v) is 5.78. The maximum Gasteiger partial charge on any atom is 0.143 e. The fourth-order valence-electron chi connectivity index (χ4n) is 1.41. The van der Waals surface area contributed by atoms with E-state index in [-0.39, 0.29) is 5.25 Å². The van der Waals surface area contributed by atoms with Crippen LogP contribution in [0.15, 0.2) is 18.2 Å². The van der Waals surface area contributed by atoms with E-state index in [1.54, 1.807) is 13.4 Å². The van der Waals surface area contributed by atoms with Gasteiger partial charge in [-0.15, -0.1) is 0 Å².